The molecule has 0 bridgehead atoms. The summed E-state index contributed by atoms with van der Waals surface area (Å²) in [6, 6.07) is 18.3. The van der Waals surface area contributed by atoms with E-state index in [0.717, 1.165) is 22.7 Å². The van der Waals surface area contributed by atoms with Gasteiger partial charge in [0.05, 0.1) is 17.1 Å². The van der Waals surface area contributed by atoms with Crippen molar-refractivity contribution in [2.75, 3.05) is 0 Å². The van der Waals surface area contributed by atoms with Crippen molar-refractivity contribution in [3.63, 3.8) is 0 Å². The van der Waals surface area contributed by atoms with Crippen LogP contribution in [-0.4, -0.2) is 15.7 Å². The maximum Gasteiger partial charge on any atom is 0.0943 e. The van der Waals surface area contributed by atoms with Crippen molar-refractivity contribution in [2.24, 2.45) is 4.99 Å². The molecule has 3 aromatic rings. The predicted molar refractivity (Wildman–Crippen MR) is 95.5 cm³/mol. The van der Waals surface area contributed by atoms with Crippen molar-refractivity contribution in [1.82, 2.24) is 9.97 Å². The van der Waals surface area contributed by atoms with Gasteiger partial charge in [0.15, 0.2) is 0 Å². The molecule has 0 aliphatic carbocycles. The largest absolute Gasteiger partial charge is 0.357 e. The zero-order valence-corrected chi connectivity index (χ0v) is 13.7. The summed E-state index contributed by atoms with van der Waals surface area (Å²) in [5, 5.41) is 0. The van der Waals surface area contributed by atoms with E-state index in [2.05, 4.69) is 55.0 Å². The fourth-order valence-corrected chi connectivity index (χ4v) is 2.39. The van der Waals surface area contributed by atoms with E-state index in [1.807, 2.05) is 30.3 Å². The third-order valence-electron chi connectivity index (χ3n) is 3.70. The van der Waals surface area contributed by atoms with Gasteiger partial charge in [-0.05, 0) is 24.3 Å². The number of hydrogen-bond acceptors (Lipinski definition) is 2. The summed E-state index contributed by atoms with van der Waals surface area (Å²) in [7, 11) is 0. The molecule has 0 radical (unpaired) electrons. The van der Waals surface area contributed by atoms with Crippen LogP contribution in [0.4, 0.5) is 5.69 Å². The van der Waals surface area contributed by atoms with Crippen molar-refractivity contribution in [3.8, 4) is 0 Å². The second-order valence-electron chi connectivity index (χ2n) is 6.57. The number of benzene rings is 1. The number of pyridine rings is 1. The number of rotatable bonds is 3. The molecule has 0 saturated carbocycles. The van der Waals surface area contributed by atoms with Gasteiger partial charge in [-0.1, -0.05) is 51.1 Å². The molecule has 1 N–H and O–H groups in total. The Hall–Kier alpha value is -2.68. The SMILES string of the molecule is CC(C)(C)c1ccc(C(=Nc2ccncc2)c2ccccc2)[nH]1. The van der Waals surface area contributed by atoms with Crippen molar-refractivity contribution in [2.45, 2.75) is 26.2 Å². The van der Waals surface area contributed by atoms with Crippen LogP contribution in [0.3, 0.4) is 0 Å². The van der Waals surface area contributed by atoms with Gasteiger partial charge < -0.3 is 4.98 Å². The van der Waals surface area contributed by atoms with Crippen LogP contribution in [0.2, 0.25) is 0 Å². The lowest BCUT2D eigenvalue weighted by Gasteiger charge is -2.16. The van der Waals surface area contributed by atoms with E-state index in [4.69, 9.17) is 4.99 Å². The molecule has 0 amide bonds. The molecule has 0 saturated heterocycles. The van der Waals surface area contributed by atoms with Crippen molar-refractivity contribution >= 4 is 11.4 Å². The predicted octanol–water partition coefficient (Wildman–Crippen LogP) is 4.88. The zero-order valence-electron chi connectivity index (χ0n) is 13.7. The van der Waals surface area contributed by atoms with Gasteiger partial charge >= 0.3 is 0 Å². The van der Waals surface area contributed by atoms with E-state index in [1.165, 1.54) is 5.69 Å². The van der Waals surface area contributed by atoms with E-state index in [9.17, 15) is 0 Å². The molecule has 116 valence electrons. The third kappa shape index (κ3) is 3.57. The summed E-state index contributed by atoms with van der Waals surface area (Å²) in [4.78, 5) is 12.4. The minimum atomic E-state index is 0.0801. The van der Waals surface area contributed by atoms with E-state index in [1.54, 1.807) is 12.4 Å². The summed E-state index contributed by atoms with van der Waals surface area (Å²) < 4.78 is 0. The molecule has 0 atom stereocenters. The fraction of sp³-hybridized carbons (Fsp3) is 0.200. The lowest BCUT2D eigenvalue weighted by Crippen LogP contribution is -2.12. The van der Waals surface area contributed by atoms with Gasteiger partial charge in [0, 0.05) is 29.1 Å². The Balaban J connectivity index is 2.10. The highest BCUT2D eigenvalue weighted by molar-refractivity contribution is 6.12. The first-order valence-corrected chi connectivity index (χ1v) is 7.78. The zero-order chi connectivity index (χ0) is 16.3. The van der Waals surface area contributed by atoms with Gasteiger partial charge in [-0.2, -0.15) is 0 Å². The Morgan fingerprint density at radius 3 is 2.22 bits per heavy atom. The standard InChI is InChI=1S/C20H21N3/c1-20(2,3)18-10-9-17(23-18)19(15-7-5-4-6-8-15)22-16-11-13-21-14-12-16/h4-14,23H,1-3H3. The van der Waals surface area contributed by atoms with Crippen LogP contribution in [0.1, 0.15) is 37.7 Å². The summed E-state index contributed by atoms with van der Waals surface area (Å²) in [5.41, 5.74) is 5.23. The Morgan fingerprint density at radius 1 is 0.913 bits per heavy atom. The molecule has 3 nitrogen and oxygen atoms in total. The van der Waals surface area contributed by atoms with Crippen LogP contribution in [0.5, 0.6) is 0 Å². The minimum absolute atomic E-state index is 0.0801. The van der Waals surface area contributed by atoms with E-state index in [0.29, 0.717) is 0 Å². The average Bonchev–Trinajstić information content (AvgIpc) is 3.04. The van der Waals surface area contributed by atoms with Crippen LogP contribution < -0.4 is 0 Å². The van der Waals surface area contributed by atoms with Crippen molar-refractivity contribution in [1.29, 1.82) is 0 Å². The maximum atomic E-state index is 4.84. The van der Waals surface area contributed by atoms with E-state index in [-0.39, 0.29) is 5.41 Å². The molecule has 0 unspecified atom stereocenters. The Kier molecular flexibility index (Phi) is 4.11. The molecule has 0 aliphatic heterocycles. The first kappa shape index (κ1) is 15.2. The third-order valence-corrected chi connectivity index (χ3v) is 3.70. The van der Waals surface area contributed by atoms with Gasteiger partial charge in [-0.3, -0.25) is 4.98 Å². The first-order valence-electron chi connectivity index (χ1n) is 7.78. The number of aromatic nitrogens is 2. The van der Waals surface area contributed by atoms with Crippen LogP contribution in [0, 0.1) is 0 Å². The van der Waals surface area contributed by atoms with Gasteiger partial charge in [-0.25, -0.2) is 4.99 Å². The van der Waals surface area contributed by atoms with Gasteiger partial charge in [-0.15, -0.1) is 0 Å². The Bertz CT molecular complexity index is 794. The summed E-state index contributed by atoms with van der Waals surface area (Å²) >= 11 is 0. The summed E-state index contributed by atoms with van der Waals surface area (Å²) in [6.45, 7) is 6.60. The van der Waals surface area contributed by atoms with Gasteiger partial charge in [0.1, 0.15) is 0 Å². The highest BCUT2D eigenvalue weighted by atomic mass is 14.8. The lowest BCUT2D eigenvalue weighted by molar-refractivity contribution is 0.572. The summed E-state index contributed by atoms with van der Waals surface area (Å²) in [5.74, 6) is 0. The highest BCUT2D eigenvalue weighted by Gasteiger charge is 2.17. The number of hydrogen-bond donors (Lipinski definition) is 1. The summed E-state index contributed by atoms with van der Waals surface area (Å²) in [6.07, 6.45) is 3.52. The molecular weight excluding hydrogens is 282 g/mol. The molecule has 0 aliphatic rings. The lowest BCUT2D eigenvalue weighted by atomic mass is 9.93. The maximum absolute atomic E-state index is 4.84. The molecule has 2 aromatic heterocycles. The Labute approximate surface area is 137 Å². The van der Waals surface area contributed by atoms with E-state index < -0.39 is 0 Å². The second kappa shape index (κ2) is 6.21. The molecule has 0 fully saturated rings. The highest BCUT2D eigenvalue weighted by Crippen LogP contribution is 2.23. The van der Waals surface area contributed by atoms with Gasteiger partial charge in [0.25, 0.3) is 0 Å². The molecule has 3 rings (SSSR count). The normalized spacial score (nSPS) is 12.4. The van der Waals surface area contributed by atoms with Crippen LogP contribution in [0.25, 0.3) is 0 Å². The number of aromatic amines is 1. The fourth-order valence-electron chi connectivity index (χ4n) is 2.39. The number of nitrogens with one attached hydrogen (secondary N) is 1. The van der Waals surface area contributed by atoms with Crippen LogP contribution in [0.15, 0.2) is 72.0 Å². The van der Waals surface area contributed by atoms with Crippen molar-refractivity contribution in [3.05, 3.63) is 83.9 Å². The number of H-pyrrole nitrogens is 1. The monoisotopic (exact) mass is 303 g/mol. The first-order chi connectivity index (χ1) is 11.0. The second-order valence-corrected chi connectivity index (χ2v) is 6.57. The molecular formula is C20H21N3. The number of nitrogens with zero attached hydrogens (tertiary/aromatic N) is 2. The minimum Gasteiger partial charge on any atom is -0.357 e. The molecule has 23 heavy (non-hydrogen) atoms. The molecule has 2 heterocycles. The van der Waals surface area contributed by atoms with Crippen LogP contribution in [-0.2, 0) is 5.41 Å². The molecule has 1 aromatic carbocycles. The van der Waals surface area contributed by atoms with Crippen LogP contribution >= 0.6 is 0 Å². The topological polar surface area (TPSA) is 41.0 Å². The molecule has 0 spiro atoms. The van der Waals surface area contributed by atoms with Crippen molar-refractivity contribution < 1.29 is 0 Å². The average molecular weight is 303 g/mol. The van der Waals surface area contributed by atoms with Gasteiger partial charge in [0.2, 0.25) is 0 Å². The van der Waals surface area contributed by atoms with E-state index >= 15 is 0 Å². The quantitative estimate of drug-likeness (QED) is 0.689. The Morgan fingerprint density at radius 2 is 1.61 bits per heavy atom. The molecule has 3 heteroatoms. The number of aliphatic imine (C=N–C) groups is 1. The smallest absolute Gasteiger partial charge is 0.0943 e.